The Balaban J connectivity index is 2.51. The van der Waals surface area contributed by atoms with Crippen LogP contribution in [-0.4, -0.2) is 11.7 Å². The Bertz CT molecular complexity index is 431. The number of ether oxygens (including phenoxy) is 1. The fraction of sp³-hybridized carbons (Fsp3) is 0.429. The molecule has 0 aliphatic carbocycles. The van der Waals surface area contributed by atoms with E-state index in [9.17, 15) is 5.11 Å². The van der Waals surface area contributed by atoms with Gasteiger partial charge in [-0.25, -0.2) is 0 Å². The van der Waals surface area contributed by atoms with Crippen LogP contribution >= 0.6 is 0 Å². The predicted octanol–water partition coefficient (Wildman–Crippen LogP) is 2.24. The van der Waals surface area contributed by atoms with Crippen LogP contribution in [0, 0.1) is 12.3 Å². The van der Waals surface area contributed by atoms with Crippen molar-refractivity contribution < 1.29 is 9.84 Å². The third-order valence-electron chi connectivity index (χ3n) is 3.31. The van der Waals surface area contributed by atoms with Crippen molar-refractivity contribution >= 4 is 0 Å². The molecule has 0 saturated heterocycles. The number of aliphatic hydroxyl groups excluding tert-OH is 1. The van der Waals surface area contributed by atoms with Gasteiger partial charge in [0.2, 0.25) is 0 Å². The second kappa shape index (κ2) is 4.19. The fourth-order valence-corrected chi connectivity index (χ4v) is 2.28. The molecule has 1 aromatic carbocycles. The Kier molecular flexibility index (Phi) is 2.89. The first kappa shape index (κ1) is 11.0. The highest BCUT2D eigenvalue weighted by molar-refractivity contribution is 5.47. The minimum Gasteiger partial charge on any atom is -0.493 e. The lowest BCUT2D eigenvalue weighted by Gasteiger charge is -2.35. The summed E-state index contributed by atoms with van der Waals surface area (Å²) in [4.78, 5) is 0. The molecule has 0 fully saturated rings. The van der Waals surface area contributed by atoms with Crippen molar-refractivity contribution in [1.82, 2.24) is 0 Å². The van der Waals surface area contributed by atoms with Gasteiger partial charge in [-0.15, -0.1) is 12.3 Å². The van der Waals surface area contributed by atoms with Crippen molar-refractivity contribution in [1.29, 1.82) is 0 Å². The number of para-hydroxylation sites is 1. The van der Waals surface area contributed by atoms with Gasteiger partial charge in [-0.3, -0.25) is 0 Å². The van der Waals surface area contributed by atoms with Gasteiger partial charge in [-0.1, -0.05) is 25.1 Å². The number of aliphatic hydroxyl groups is 1. The van der Waals surface area contributed by atoms with Crippen molar-refractivity contribution in [2.24, 2.45) is 0 Å². The van der Waals surface area contributed by atoms with Crippen LogP contribution < -0.4 is 4.74 Å². The van der Waals surface area contributed by atoms with Crippen molar-refractivity contribution in [2.45, 2.75) is 31.8 Å². The van der Waals surface area contributed by atoms with Crippen LogP contribution in [-0.2, 0) is 12.0 Å². The van der Waals surface area contributed by atoms with Crippen LogP contribution in [0.3, 0.4) is 0 Å². The van der Waals surface area contributed by atoms with Crippen molar-refractivity contribution in [3.63, 3.8) is 0 Å². The zero-order valence-corrected chi connectivity index (χ0v) is 9.49. The maximum Gasteiger partial charge on any atom is 0.128 e. The summed E-state index contributed by atoms with van der Waals surface area (Å²) in [6.07, 6.45) is 7.07. The first-order valence-electron chi connectivity index (χ1n) is 5.51. The number of fused-ring (bicyclic) bond motifs is 1. The van der Waals surface area contributed by atoms with Gasteiger partial charge in [-0.2, -0.15) is 0 Å². The quantitative estimate of drug-likeness (QED) is 0.768. The summed E-state index contributed by atoms with van der Waals surface area (Å²) in [5, 5.41) is 9.27. The van der Waals surface area contributed by atoms with Crippen LogP contribution in [0.2, 0.25) is 0 Å². The molecule has 0 spiro atoms. The summed E-state index contributed by atoms with van der Waals surface area (Å²) in [6, 6.07) is 5.89. The lowest BCUT2D eigenvalue weighted by atomic mass is 9.75. The number of benzene rings is 1. The normalized spacial score (nSPS) is 23.1. The highest BCUT2D eigenvalue weighted by Crippen LogP contribution is 2.42. The molecule has 1 N–H and O–H groups in total. The van der Waals surface area contributed by atoms with E-state index in [4.69, 9.17) is 11.2 Å². The van der Waals surface area contributed by atoms with Gasteiger partial charge in [0.1, 0.15) is 5.75 Å². The Morgan fingerprint density at radius 1 is 1.56 bits per heavy atom. The number of hydrogen-bond acceptors (Lipinski definition) is 2. The Hall–Kier alpha value is -1.46. The monoisotopic (exact) mass is 216 g/mol. The van der Waals surface area contributed by atoms with Gasteiger partial charge in [0, 0.05) is 23.0 Å². The molecule has 0 bridgehead atoms. The number of hydrogen-bond donors (Lipinski definition) is 1. The number of rotatable bonds is 2. The van der Waals surface area contributed by atoms with E-state index in [-0.39, 0.29) is 12.0 Å². The summed E-state index contributed by atoms with van der Waals surface area (Å²) in [5.41, 5.74) is 1.96. The summed E-state index contributed by atoms with van der Waals surface area (Å²) in [5.74, 6) is 3.57. The zero-order valence-electron chi connectivity index (χ0n) is 9.49. The molecule has 84 valence electrons. The summed E-state index contributed by atoms with van der Waals surface area (Å²) in [6.45, 7) is 2.84. The molecule has 1 aromatic rings. The molecule has 2 heteroatoms. The molecule has 2 rings (SSSR count). The van der Waals surface area contributed by atoms with E-state index in [2.05, 4.69) is 12.8 Å². The van der Waals surface area contributed by atoms with Crippen molar-refractivity contribution in [3.8, 4) is 18.1 Å². The average Bonchev–Trinajstić information content (AvgIpc) is 2.29. The molecule has 1 unspecified atom stereocenters. The highest BCUT2D eigenvalue weighted by atomic mass is 16.5. The zero-order chi connectivity index (χ0) is 11.6. The molecule has 1 aliphatic heterocycles. The molecule has 2 nitrogen and oxygen atoms in total. The molecule has 0 saturated carbocycles. The van der Waals surface area contributed by atoms with E-state index in [1.165, 1.54) is 0 Å². The maximum absolute atomic E-state index is 9.27. The van der Waals surface area contributed by atoms with Crippen molar-refractivity contribution in [2.75, 3.05) is 6.61 Å². The van der Waals surface area contributed by atoms with Crippen LogP contribution in [0.1, 0.15) is 30.9 Å². The smallest absolute Gasteiger partial charge is 0.128 e. The summed E-state index contributed by atoms with van der Waals surface area (Å²) < 4.78 is 5.66. The summed E-state index contributed by atoms with van der Waals surface area (Å²) >= 11 is 0. The van der Waals surface area contributed by atoms with E-state index >= 15 is 0 Å². The largest absolute Gasteiger partial charge is 0.493 e. The van der Waals surface area contributed by atoms with Crippen LogP contribution in [0.5, 0.6) is 5.75 Å². The molecular weight excluding hydrogens is 200 g/mol. The molecule has 1 atom stereocenters. The molecule has 0 aromatic heterocycles. The molecular formula is C14H16O2. The van der Waals surface area contributed by atoms with E-state index in [0.29, 0.717) is 13.0 Å². The molecule has 16 heavy (non-hydrogen) atoms. The third kappa shape index (κ3) is 1.68. The Morgan fingerprint density at radius 2 is 2.38 bits per heavy atom. The highest BCUT2D eigenvalue weighted by Gasteiger charge is 2.33. The van der Waals surface area contributed by atoms with Gasteiger partial charge in [-0.05, 0) is 6.42 Å². The predicted molar refractivity (Wildman–Crippen MR) is 63.3 cm³/mol. The number of terminal acetylenes is 1. The minimum atomic E-state index is -0.0203. The first-order chi connectivity index (χ1) is 7.71. The van der Waals surface area contributed by atoms with Gasteiger partial charge >= 0.3 is 0 Å². The Morgan fingerprint density at radius 3 is 3.06 bits per heavy atom. The van der Waals surface area contributed by atoms with Crippen LogP contribution in [0.15, 0.2) is 18.2 Å². The van der Waals surface area contributed by atoms with Gasteiger partial charge in [0.05, 0.1) is 13.2 Å². The maximum atomic E-state index is 9.27. The minimum absolute atomic E-state index is 0.00923. The average molecular weight is 216 g/mol. The Labute approximate surface area is 96.3 Å². The van der Waals surface area contributed by atoms with E-state index < -0.39 is 0 Å². The van der Waals surface area contributed by atoms with E-state index in [0.717, 1.165) is 23.3 Å². The fourth-order valence-electron chi connectivity index (χ4n) is 2.28. The standard InChI is InChI=1S/C14H16O2/c1-3-7-14(2)8-9-16-13-11(10-15)5-4-6-12(13)14/h1,4-6,15H,7-10H2,2H3. The lowest BCUT2D eigenvalue weighted by molar-refractivity contribution is 0.213. The van der Waals surface area contributed by atoms with Crippen LogP contribution in [0.4, 0.5) is 0 Å². The third-order valence-corrected chi connectivity index (χ3v) is 3.31. The molecule has 1 aliphatic rings. The van der Waals surface area contributed by atoms with Crippen molar-refractivity contribution in [3.05, 3.63) is 29.3 Å². The molecule has 1 heterocycles. The lowest BCUT2D eigenvalue weighted by Crippen LogP contribution is -2.30. The second-order valence-electron chi connectivity index (χ2n) is 4.49. The van der Waals surface area contributed by atoms with E-state index in [1.807, 2.05) is 18.2 Å². The van der Waals surface area contributed by atoms with Gasteiger partial charge in [0.25, 0.3) is 0 Å². The molecule has 0 radical (unpaired) electrons. The second-order valence-corrected chi connectivity index (χ2v) is 4.49. The first-order valence-corrected chi connectivity index (χ1v) is 5.51. The molecule has 0 amide bonds. The van der Waals surface area contributed by atoms with Crippen LogP contribution in [0.25, 0.3) is 0 Å². The summed E-state index contributed by atoms with van der Waals surface area (Å²) in [7, 11) is 0. The SMILES string of the molecule is C#CCC1(C)CCOc2c(CO)cccc21. The van der Waals surface area contributed by atoms with Gasteiger partial charge < -0.3 is 9.84 Å². The topological polar surface area (TPSA) is 29.5 Å². The van der Waals surface area contributed by atoms with Gasteiger partial charge in [0.15, 0.2) is 0 Å². The van der Waals surface area contributed by atoms with E-state index in [1.54, 1.807) is 0 Å².